The number of carbonyl (C=O) groups is 2. The fourth-order valence-corrected chi connectivity index (χ4v) is 3.18. The first-order chi connectivity index (χ1) is 10.6. The maximum Gasteiger partial charge on any atom is 0.291 e. The molecule has 1 aliphatic rings. The number of nitrogens with one attached hydrogen (secondary N) is 1. The molecule has 1 aliphatic heterocycles. The van der Waals surface area contributed by atoms with Crippen molar-refractivity contribution in [2.45, 2.75) is 11.9 Å². The van der Waals surface area contributed by atoms with E-state index >= 15 is 0 Å². The molecule has 6 heteroatoms. The Morgan fingerprint density at radius 3 is 2.41 bits per heavy atom. The van der Waals surface area contributed by atoms with E-state index in [9.17, 15) is 9.59 Å². The molecule has 1 atom stereocenters. The Morgan fingerprint density at radius 2 is 1.73 bits per heavy atom. The highest BCUT2D eigenvalue weighted by atomic mass is 35.5. The molecule has 0 radical (unpaired) electrons. The van der Waals surface area contributed by atoms with Crippen LogP contribution in [0, 0.1) is 0 Å². The maximum absolute atomic E-state index is 12.4. The summed E-state index contributed by atoms with van der Waals surface area (Å²) in [6.07, 6.45) is 0. The van der Waals surface area contributed by atoms with Gasteiger partial charge in [-0.05, 0) is 41.6 Å². The van der Waals surface area contributed by atoms with Crippen molar-refractivity contribution in [1.82, 2.24) is 4.90 Å². The Labute approximate surface area is 137 Å². The summed E-state index contributed by atoms with van der Waals surface area (Å²) in [5, 5.41) is 2.84. The lowest BCUT2D eigenvalue weighted by Crippen LogP contribution is -2.33. The number of hydrogen-bond acceptors (Lipinski definition) is 4. The van der Waals surface area contributed by atoms with Crippen molar-refractivity contribution in [3.63, 3.8) is 0 Å². The molecule has 0 aromatic heterocycles. The van der Waals surface area contributed by atoms with Crippen molar-refractivity contribution in [2.75, 3.05) is 5.32 Å². The number of amides is 2. The molecular weight excluding hydrogens is 320 g/mol. The monoisotopic (exact) mass is 332 g/mol. The van der Waals surface area contributed by atoms with Crippen LogP contribution in [0.3, 0.4) is 0 Å². The van der Waals surface area contributed by atoms with Gasteiger partial charge in [-0.3, -0.25) is 14.5 Å². The Bertz CT molecular complexity index is 691. The first-order valence-corrected chi connectivity index (χ1v) is 7.97. The number of anilines is 1. The highest BCUT2D eigenvalue weighted by molar-refractivity contribution is 8.15. The van der Waals surface area contributed by atoms with Gasteiger partial charge in [-0.1, -0.05) is 41.9 Å². The first kappa shape index (κ1) is 14.9. The van der Waals surface area contributed by atoms with E-state index in [2.05, 4.69) is 5.32 Å². The molecule has 1 fully saturated rings. The molecule has 2 aromatic rings. The van der Waals surface area contributed by atoms with E-state index in [1.165, 1.54) is 4.90 Å². The topological polar surface area (TPSA) is 49.4 Å². The molecular formula is C16H13ClN2O2S. The van der Waals surface area contributed by atoms with E-state index in [0.717, 1.165) is 23.0 Å². The second kappa shape index (κ2) is 6.42. The maximum atomic E-state index is 12.4. The van der Waals surface area contributed by atoms with Crippen LogP contribution in [0.25, 0.3) is 0 Å². The lowest BCUT2D eigenvalue weighted by molar-refractivity contribution is -0.126. The molecule has 3 rings (SSSR count). The fraction of sp³-hybridized carbons (Fsp3) is 0.125. The molecule has 0 aliphatic carbocycles. The largest absolute Gasteiger partial charge is 0.365 e. The number of benzene rings is 2. The van der Waals surface area contributed by atoms with Crippen molar-refractivity contribution in [2.24, 2.45) is 0 Å². The number of rotatable bonds is 4. The van der Waals surface area contributed by atoms with E-state index in [0.29, 0.717) is 11.6 Å². The van der Waals surface area contributed by atoms with Crippen LogP contribution in [0.1, 0.15) is 5.56 Å². The average molecular weight is 333 g/mol. The summed E-state index contributed by atoms with van der Waals surface area (Å²) < 4.78 is 0. The standard InChI is InChI=1S/C16H13ClN2O2S/c17-12-6-8-13(9-7-12)18-14-15(20)19(16(21)22-14)10-11-4-2-1-3-5-11/h1-9,14,18H,10H2. The van der Waals surface area contributed by atoms with Gasteiger partial charge in [0.2, 0.25) is 0 Å². The van der Waals surface area contributed by atoms with E-state index < -0.39 is 5.37 Å². The van der Waals surface area contributed by atoms with Gasteiger partial charge in [-0.25, -0.2) is 0 Å². The molecule has 2 amide bonds. The van der Waals surface area contributed by atoms with Crippen LogP contribution in [0.5, 0.6) is 0 Å². The number of halogens is 1. The molecule has 0 bridgehead atoms. The summed E-state index contributed by atoms with van der Waals surface area (Å²) in [5.74, 6) is -0.228. The minimum Gasteiger partial charge on any atom is -0.365 e. The predicted molar refractivity (Wildman–Crippen MR) is 88.8 cm³/mol. The number of nitrogens with zero attached hydrogens (tertiary/aromatic N) is 1. The van der Waals surface area contributed by atoms with Gasteiger partial charge in [0.05, 0.1) is 6.54 Å². The summed E-state index contributed by atoms with van der Waals surface area (Å²) in [7, 11) is 0. The van der Waals surface area contributed by atoms with Crippen molar-refractivity contribution in [3.8, 4) is 0 Å². The smallest absolute Gasteiger partial charge is 0.291 e. The molecule has 0 spiro atoms. The molecule has 1 N–H and O–H groups in total. The van der Waals surface area contributed by atoms with E-state index in [-0.39, 0.29) is 11.1 Å². The summed E-state index contributed by atoms with van der Waals surface area (Å²) in [6, 6.07) is 16.5. The SMILES string of the molecule is O=C1SC(Nc2ccc(Cl)cc2)C(=O)N1Cc1ccccc1. The zero-order valence-corrected chi connectivity index (χ0v) is 13.1. The molecule has 1 saturated heterocycles. The van der Waals surface area contributed by atoms with Gasteiger partial charge in [-0.15, -0.1) is 0 Å². The van der Waals surface area contributed by atoms with E-state index in [1.54, 1.807) is 24.3 Å². The van der Waals surface area contributed by atoms with E-state index in [1.807, 2.05) is 30.3 Å². The third kappa shape index (κ3) is 3.26. The van der Waals surface area contributed by atoms with Crippen molar-refractivity contribution in [3.05, 3.63) is 65.2 Å². The van der Waals surface area contributed by atoms with Gasteiger partial charge in [0.25, 0.3) is 11.1 Å². The Hall–Kier alpha value is -1.98. The molecule has 112 valence electrons. The van der Waals surface area contributed by atoms with Crippen LogP contribution in [0.15, 0.2) is 54.6 Å². The lowest BCUT2D eigenvalue weighted by Gasteiger charge is -2.15. The zero-order chi connectivity index (χ0) is 15.5. The van der Waals surface area contributed by atoms with Crippen LogP contribution in [0.4, 0.5) is 10.5 Å². The van der Waals surface area contributed by atoms with Crippen LogP contribution in [-0.2, 0) is 11.3 Å². The summed E-state index contributed by atoms with van der Waals surface area (Å²) in [5.41, 5.74) is 1.68. The lowest BCUT2D eigenvalue weighted by atomic mass is 10.2. The third-order valence-electron chi connectivity index (χ3n) is 3.25. The zero-order valence-electron chi connectivity index (χ0n) is 11.5. The Kier molecular flexibility index (Phi) is 4.36. The van der Waals surface area contributed by atoms with Gasteiger partial charge in [-0.2, -0.15) is 0 Å². The van der Waals surface area contributed by atoms with Gasteiger partial charge in [0.1, 0.15) is 0 Å². The van der Waals surface area contributed by atoms with Crippen LogP contribution in [0.2, 0.25) is 5.02 Å². The first-order valence-electron chi connectivity index (χ1n) is 6.71. The quantitative estimate of drug-likeness (QED) is 0.920. The van der Waals surface area contributed by atoms with Gasteiger partial charge in [0.15, 0.2) is 5.37 Å². The minimum absolute atomic E-state index is 0.228. The van der Waals surface area contributed by atoms with E-state index in [4.69, 9.17) is 11.6 Å². The normalized spacial score (nSPS) is 17.9. The number of carbonyl (C=O) groups excluding carboxylic acids is 2. The molecule has 0 saturated carbocycles. The second-order valence-electron chi connectivity index (χ2n) is 4.83. The fourth-order valence-electron chi connectivity index (χ4n) is 2.14. The Morgan fingerprint density at radius 1 is 1.05 bits per heavy atom. The number of imide groups is 1. The van der Waals surface area contributed by atoms with Gasteiger partial charge >= 0.3 is 0 Å². The highest BCUT2D eigenvalue weighted by Gasteiger charge is 2.39. The van der Waals surface area contributed by atoms with Crippen LogP contribution < -0.4 is 5.32 Å². The third-order valence-corrected chi connectivity index (χ3v) is 4.48. The van der Waals surface area contributed by atoms with Crippen molar-refractivity contribution < 1.29 is 9.59 Å². The molecule has 4 nitrogen and oxygen atoms in total. The predicted octanol–water partition coefficient (Wildman–Crippen LogP) is 3.97. The highest BCUT2D eigenvalue weighted by Crippen LogP contribution is 2.29. The van der Waals surface area contributed by atoms with Gasteiger partial charge < -0.3 is 5.32 Å². The molecule has 22 heavy (non-hydrogen) atoms. The van der Waals surface area contributed by atoms with Crippen molar-refractivity contribution >= 4 is 40.2 Å². The average Bonchev–Trinajstić information content (AvgIpc) is 2.78. The second-order valence-corrected chi connectivity index (χ2v) is 6.32. The molecule has 1 heterocycles. The van der Waals surface area contributed by atoms with Crippen molar-refractivity contribution in [1.29, 1.82) is 0 Å². The van der Waals surface area contributed by atoms with Gasteiger partial charge in [0, 0.05) is 10.7 Å². The van der Waals surface area contributed by atoms with Crippen LogP contribution >= 0.6 is 23.4 Å². The molecule has 2 aromatic carbocycles. The summed E-state index contributed by atoms with van der Waals surface area (Å²) in [6.45, 7) is 0.296. The van der Waals surface area contributed by atoms with Crippen LogP contribution in [-0.4, -0.2) is 21.4 Å². The summed E-state index contributed by atoms with van der Waals surface area (Å²) >= 11 is 6.82. The number of thioether (sulfide) groups is 1. The Balaban J connectivity index is 1.70. The summed E-state index contributed by atoms with van der Waals surface area (Å²) in [4.78, 5) is 25.7. The molecule has 1 unspecified atom stereocenters. The minimum atomic E-state index is -0.600. The number of hydrogen-bond donors (Lipinski definition) is 1.